The quantitative estimate of drug-likeness (QED) is 0.135. The van der Waals surface area contributed by atoms with Crippen LogP contribution in [0.3, 0.4) is 0 Å². The number of nitrogens with one attached hydrogen (secondary N) is 1. The largest absolute Gasteiger partial charge is 0.456 e. The predicted octanol–water partition coefficient (Wildman–Crippen LogP) is 4.44. The fourth-order valence-corrected chi connectivity index (χ4v) is 10.2. The first-order chi connectivity index (χ1) is 27.9. The number of hydrogen-bond donors (Lipinski definition) is 4. The van der Waals surface area contributed by atoms with Crippen LogP contribution in [0.15, 0.2) is 102 Å². The van der Waals surface area contributed by atoms with Crippen LogP contribution < -0.4 is 5.32 Å². The summed E-state index contributed by atoms with van der Waals surface area (Å²) in [6, 6.07) is 23.5. The van der Waals surface area contributed by atoms with Crippen LogP contribution in [0.5, 0.6) is 0 Å². The number of aliphatic hydroxyl groups is 3. The summed E-state index contributed by atoms with van der Waals surface area (Å²) < 4.78 is 24.4. The van der Waals surface area contributed by atoms with E-state index >= 15 is 4.79 Å². The Morgan fingerprint density at radius 1 is 0.847 bits per heavy atom. The van der Waals surface area contributed by atoms with Gasteiger partial charge in [0, 0.05) is 42.1 Å². The summed E-state index contributed by atoms with van der Waals surface area (Å²) in [6.45, 7) is 9.54. The van der Waals surface area contributed by atoms with E-state index in [4.69, 9.17) is 18.9 Å². The van der Waals surface area contributed by atoms with E-state index in [1.807, 2.05) is 6.92 Å². The van der Waals surface area contributed by atoms with Crippen molar-refractivity contribution in [3.8, 4) is 0 Å². The molecule has 3 aromatic rings. The van der Waals surface area contributed by atoms with E-state index in [0.29, 0.717) is 5.56 Å². The number of ketones is 1. The molecule has 4 aliphatic rings. The molecule has 11 atom stereocenters. The highest BCUT2D eigenvalue weighted by atomic mass is 16.6. The lowest BCUT2D eigenvalue weighted by Crippen LogP contribution is -2.78. The average molecular weight is 810 g/mol. The van der Waals surface area contributed by atoms with Crippen LogP contribution in [-0.2, 0) is 33.3 Å². The van der Waals surface area contributed by atoms with Crippen molar-refractivity contribution in [1.29, 1.82) is 0 Å². The number of benzene rings is 3. The van der Waals surface area contributed by atoms with Crippen molar-refractivity contribution in [3.05, 3.63) is 119 Å². The minimum atomic E-state index is -2.19. The van der Waals surface area contributed by atoms with Crippen molar-refractivity contribution in [2.75, 3.05) is 6.61 Å². The van der Waals surface area contributed by atoms with Gasteiger partial charge in [-0.2, -0.15) is 0 Å². The van der Waals surface area contributed by atoms with E-state index in [9.17, 15) is 34.5 Å². The van der Waals surface area contributed by atoms with Crippen molar-refractivity contribution in [1.82, 2.24) is 5.32 Å². The Morgan fingerprint density at radius 3 is 1.98 bits per heavy atom. The molecule has 0 aromatic heterocycles. The molecule has 0 spiro atoms. The first-order valence-electron chi connectivity index (χ1n) is 19.9. The molecule has 3 aromatic carbocycles. The third-order valence-corrected chi connectivity index (χ3v) is 13.6. The topological polar surface area (TPSA) is 195 Å². The number of rotatable bonds is 9. The molecule has 1 aliphatic heterocycles. The number of amides is 1. The van der Waals surface area contributed by atoms with E-state index in [1.165, 1.54) is 0 Å². The fourth-order valence-electron chi connectivity index (χ4n) is 10.2. The highest BCUT2D eigenvalue weighted by molar-refractivity contribution is 5.96. The summed E-state index contributed by atoms with van der Waals surface area (Å²) in [4.78, 5) is 70.0. The van der Waals surface area contributed by atoms with Crippen LogP contribution in [0.1, 0.15) is 86.7 Å². The predicted molar refractivity (Wildman–Crippen MR) is 211 cm³/mol. The number of carbonyl (C=O) groups is 5. The Hall–Kier alpha value is -5.21. The summed E-state index contributed by atoms with van der Waals surface area (Å²) in [6.07, 6.45) is -8.86. The van der Waals surface area contributed by atoms with Gasteiger partial charge in [-0.1, -0.05) is 87.5 Å². The molecule has 0 unspecified atom stereocenters. The summed E-state index contributed by atoms with van der Waals surface area (Å²) >= 11 is 0. The molecule has 7 rings (SSSR count). The molecule has 59 heavy (non-hydrogen) atoms. The Kier molecular flexibility index (Phi) is 11.0. The van der Waals surface area contributed by atoms with Crippen molar-refractivity contribution in [2.45, 2.75) is 103 Å². The Labute approximate surface area is 342 Å². The lowest BCUT2D eigenvalue weighted by atomic mass is 9.42. The van der Waals surface area contributed by atoms with Gasteiger partial charge in [0.25, 0.3) is 5.91 Å². The molecule has 312 valence electrons. The number of carbonyl (C=O) groups excluding carboxylic acids is 5. The monoisotopic (exact) mass is 809 g/mol. The second kappa shape index (κ2) is 15.4. The number of esters is 3. The summed E-state index contributed by atoms with van der Waals surface area (Å²) in [5.41, 5.74) is -5.19. The van der Waals surface area contributed by atoms with Gasteiger partial charge >= 0.3 is 17.9 Å². The molecule has 1 saturated heterocycles. The maximum Gasteiger partial charge on any atom is 0.338 e. The van der Waals surface area contributed by atoms with Crippen LogP contribution in [0, 0.1) is 22.2 Å². The van der Waals surface area contributed by atoms with Gasteiger partial charge in [-0.3, -0.25) is 14.4 Å². The van der Waals surface area contributed by atoms with Crippen molar-refractivity contribution < 1.29 is 58.2 Å². The van der Waals surface area contributed by atoms with Crippen LogP contribution in [0.25, 0.3) is 0 Å². The first kappa shape index (κ1) is 41.9. The highest BCUT2D eigenvalue weighted by Gasteiger charge is 2.75. The normalized spacial score (nSPS) is 33.0. The molecule has 13 nitrogen and oxygen atoms in total. The zero-order valence-electron chi connectivity index (χ0n) is 33.9. The molecule has 2 bridgehead atoms. The van der Waals surface area contributed by atoms with E-state index < -0.39 is 106 Å². The van der Waals surface area contributed by atoms with Gasteiger partial charge in [-0.15, -0.1) is 0 Å². The van der Waals surface area contributed by atoms with Gasteiger partial charge < -0.3 is 39.6 Å². The maximum absolute atomic E-state index is 15.3. The molecule has 3 aliphatic carbocycles. The Bertz CT molecular complexity index is 2160. The third kappa shape index (κ3) is 6.87. The summed E-state index contributed by atoms with van der Waals surface area (Å²) in [7, 11) is 0. The first-order valence-corrected chi connectivity index (χ1v) is 19.9. The minimum Gasteiger partial charge on any atom is -0.456 e. The molecular formula is C46H51NO12. The standard InChI is InChI=1S/C46H51NO12/c1-25-30(58-42(54)35(50)34(27-16-10-7-11-17-27)47-40(52)28-18-12-8-13-19-28)23-46(55)39(59-41(53)29-20-14-9-15-21-29)37-44(5)24-56-32(44)22-31(49)45(37,6)38(51)36(57-26(2)48)33(25)43(46,3)4/h7-21,30-32,34-37,39,49-50,55H,22-24H2,1-6H3,(H,47,52)/t30-,31-,32+,34-,35+,36+,37+,39-,44+,45+,46+/m0/s1. The Morgan fingerprint density at radius 2 is 1.42 bits per heavy atom. The van der Waals surface area contributed by atoms with Gasteiger partial charge in [0.1, 0.15) is 17.8 Å². The lowest BCUT2D eigenvalue weighted by molar-refractivity contribution is -0.313. The fraction of sp³-hybridized carbons (Fsp3) is 0.457. The number of hydrogen-bond acceptors (Lipinski definition) is 12. The molecule has 1 amide bonds. The summed E-state index contributed by atoms with van der Waals surface area (Å²) in [5, 5.41) is 40.0. The number of fused-ring (bicyclic) bond motifs is 5. The van der Waals surface area contributed by atoms with Gasteiger partial charge in [0.15, 0.2) is 18.0 Å². The van der Waals surface area contributed by atoms with E-state index in [-0.39, 0.29) is 35.3 Å². The van der Waals surface area contributed by atoms with E-state index in [1.54, 1.807) is 119 Å². The molecule has 2 saturated carbocycles. The van der Waals surface area contributed by atoms with Gasteiger partial charge in [0.05, 0.1) is 35.8 Å². The molecule has 0 radical (unpaired) electrons. The van der Waals surface area contributed by atoms with Crippen molar-refractivity contribution >= 4 is 29.6 Å². The zero-order valence-corrected chi connectivity index (χ0v) is 33.9. The Balaban J connectivity index is 1.36. The van der Waals surface area contributed by atoms with Gasteiger partial charge in [-0.05, 0) is 54.8 Å². The van der Waals surface area contributed by atoms with Crippen LogP contribution in [0.4, 0.5) is 0 Å². The van der Waals surface area contributed by atoms with Gasteiger partial charge in [0.2, 0.25) is 0 Å². The number of ether oxygens (including phenoxy) is 4. The SMILES string of the molecule is CC(=O)O[C@H]1C(=O)[C@@]2(C)[C@H]([C@H](OC(=O)c3ccccc3)[C@]3(O)C[C@H](OC(=O)[C@H](O)[C@@H](NC(=O)c4ccccc4)c4ccccc4)C(C)=C1C3(C)C)[C@]1(C)CO[C@@H]1C[C@@H]2O. The zero-order chi connectivity index (χ0) is 42.7. The molecule has 13 heteroatoms. The maximum atomic E-state index is 15.3. The lowest BCUT2D eigenvalue weighted by Gasteiger charge is -2.68. The molecular weight excluding hydrogens is 759 g/mol. The van der Waals surface area contributed by atoms with Crippen LogP contribution in [0.2, 0.25) is 0 Å². The molecule has 3 fully saturated rings. The van der Waals surface area contributed by atoms with E-state index in [0.717, 1.165) is 6.92 Å². The molecule has 4 N–H and O–H groups in total. The number of aliphatic hydroxyl groups excluding tert-OH is 2. The van der Waals surface area contributed by atoms with Crippen molar-refractivity contribution in [3.63, 3.8) is 0 Å². The van der Waals surface area contributed by atoms with Crippen LogP contribution >= 0.6 is 0 Å². The van der Waals surface area contributed by atoms with E-state index in [2.05, 4.69) is 5.32 Å². The minimum absolute atomic E-state index is 0.0583. The van der Waals surface area contributed by atoms with Gasteiger partial charge in [-0.25, -0.2) is 9.59 Å². The number of Topliss-reactive ketones (excluding diaryl/α,β-unsaturated/α-hetero) is 1. The molecule has 1 heterocycles. The highest BCUT2D eigenvalue weighted by Crippen LogP contribution is 2.66. The third-order valence-electron chi connectivity index (χ3n) is 13.6. The second-order valence-corrected chi connectivity index (χ2v) is 17.3. The van der Waals surface area contributed by atoms with Crippen LogP contribution in [-0.4, -0.2) is 93.7 Å². The summed E-state index contributed by atoms with van der Waals surface area (Å²) in [5.74, 6) is -5.13. The smallest absolute Gasteiger partial charge is 0.338 e. The average Bonchev–Trinajstić information content (AvgIpc) is 3.21. The second-order valence-electron chi connectivity index (χ2n) is 17.3. The van der Waals surface area contributed by atoms with Crippen molar-refractivity contribution in [2.24, 2.45) is 22.2 Å².